The third kappa shape index (κ3) is 6.86. The minimum Gasteiger partial charge on any atom is -0.455 e. The van der Waals surface area contributed by atoms with Crippen molar-refractivity contribution >= 4 is 33.8 Å². The molecule has 1 aliphatic rings. The van der Waals surface area contributed by atoms with Crippen LogP contribution in [0.2, 0.25) is 0 Å². The van der Waals surface area contributed by atoms with Gasteiger partial charge in [0.15, 0.2) is 6.61 Å². The quantitative estimate of drug-likeness (QED) is 0.730. The highest BCUT2D eigenvalue weighted by molar-refractivity contribution is 9.10. The molecule has 0 spiro atoms. The standard InChI is InChI=1S/C18H23BrN2O4/c1-12-4-2-3-5-15(12)20-18(24)21-16(22)11-25-17(23)10-13-6-8-14(19)9-7-13/h6-9,12,15H,2-5,10-11H2,1H3,(H2,20,21,22,24)/t12-,15+/m1/s1. The van der Waals surface area contributed by atoms with Gasteiger partial charge in [0.2, 0.25) is 0 Å². The van der Waals surface area contributed by atoms with Crippen LogP contribution in [0.4, 0.5) is 4.79 Å². The second-order valence-electron chi connectivity index (χ2n) is 6.35. The molecular weight excluding hydrogens is 388 g/mol. The Morgan fingerprint density at radius 2 is 1.84 bits per heavy atom. The Morgan fingerprint density at radius 3 is 2.52 bits per heavy atom. The fourth-order valence-corrected chi connectivity index (χ4v) is 3.13. The van der Waals surface area contributed by atoms with Crippen molar-refractivity contribution in [1.29, 1.82) is 0 Å². The molecule has 3 amide bonds. The Bertz CT molecular complexity index is 618. The number of hydrogen-bond donors (Lipinski definition) is 2. The smallest absolute Gasteiger partial charge is 0.321 e. The molecule has 1 aromatic rings. The number of ether oxygens (including phenoxy) is 1. The largest absolute Gasteiger partial charge is 0.455 e. The van der Waals surface area contributed by atoms with E-state index in [9.17, 15) is 14.4 Å². The molecule has 0 bridgehead atoms. The number of carbonyl (C=O) groups is 3. The van der Waals surface area contributed by atoms with E-state index in [1.54, 1.807) is 12.1 Å². The summed E-state index contributed by atoms with van der Waals surface area (Å²) in [5.41, 5.74) is 0.789. The van der Waals surface area contributed by atoms with Gasteiger partial charge < -0.3 is 10.1 Å². The van der Waals surface area contributed by atoms with E-state index in [1.165, 1.54) is 6.42 Å². The SMILES string of the molecule is C[C@@H]1CCCC[C@@H]1NC(=O)NC(=O)COC(=O)Cc1ccc(Br)cc1. The Labute approximate surface area is 155 Å². The van der Waals surface area contributed by atoms with E-state index in [0.29, 0.717) is 5.92 Å². The minimum absolute atomic E-state index is 0.0757. The Hall–Kier alpha value is -1.89. The molecule has 2 N–H and O–H groups in total. The lowest BCUT2D eigenvalue weighted by Gasteiger charge is -2.29. The summed E-state index contributed by atoms with van der Waals surface area (Å²) in [4.78, 5) is 35.3. The van der Waals surface area contributed by atoms with Crippen molar-refractivity contribution in [2.45, 2.75) is 45.1 Å². The van der Waals surface area contributed by atoms with Gasteiger partial charge in [-0.3, -0.25) is 14.9 Å². The maximum atomic E-state index is 11.8. The van der Waals surface area contributed by atoms with Gasteiger partial charge in [0, 0.05) is 10.5 Å². The molecule has 7 heteroatoms. The van der Waals surface area contributed by atoms with Crippen LogP contribution in [0.3, 0.4) is 0 Å². The second-order valence-corrected chi connectivity index (χ2v) is 7.27. The fraction of sp³-hybridized carbons (Fsp3) is 0.500. The zero-order chi connectivity index (χ0) is 18.2. The summed E-state index contributed by atoms with van der Waals surface area (Å²) in [6.07, 6.45) is 4.33. The average molecular weight is 411 g/mol. The predicted molar refractivity (Wildman–Crippen MR) is 96.9 cm³/mol. The number of benzene rings is 1. The van der Waals surface area contributed by atoms with E-state index in [2.05, 4.69) is 33.5 Å². The average Bonchev–Trinajstić information content (AvgIpc) is 2.57. The van der Waals surface area contributed by atoms with Crippen molar-refractivity contribution in [1.82, 2.24) is 10.6 Å². The van der Waals surface area contributed by atoms with Crippen molar-refractivity contribution < 1.29 is 19.1 Å². The third-order valence-corrected chi connectivity index (χ3v) is 4.84. The molecule has 0 radical (unpaired) electrons. The lowest BCUT2D eigenvalue weighted by atomic mass is 9.86. The highest BCUT2D eigenvalue weighted by atomic mass is 79.9. The number of hydrogen-bond acceptors (Lipinski definition) is 4. The van der Waals surface area contributed by atoms with Gasteiger partial charge in [0.1, 0.15) is 0 Å². The maximum absolute atomic E-state index is 11.8. The molecule has 25 heavy (non-hydrogen) atoms. The Balaban J connectivity index is 1.68. The highest BCUT2D eigenvalue weighted by Crippen LogP contribution is 2.23. The molecule has 1 aliphatic carbocycles. The number of imide groups is 1. The van der Waals surface area contributed by atoms with E-state index < -0.39 is 24.5 Å². The molecule has 0 heterocycles. The van der Waals surface area contributed by atoms with Crippen molar-refractivity contribution in [3.05, 3.63) is 34.3 Å². The second kappa shape index (κ2) is 9.56. The van der Waals surface area contributed by atoms with Crippen LogP contribution in [-0.4, -0.2) is 30.6 Å². The third-order valence-electron chi connectivity index (χ3n) is 4.31. The van der Waals surface area contributed by atoms with Gasteiger partial charge >= 0.3 is 12.0 Å². The molecule has 6 nitrogen and oxygen atoms in total. The van der Waals surface area contributed by atoms with E-state index in [-0.39, 0.29) is 12.5 Å². The van der Waals surface area contributed by atoms with Crippen molar-refractivity contribution in [3.8, 4) is 0 Å². The van der Waals surface area contributed by atoms with Gasteiger partial charge in [-0.05, 0) is 36.5 Å². The number of esters is 1. The lowest BCUT2D eigenvalue weighted by molar-refractivity contribution is -0.147. The monoisotopic (exact) mass is 410 g/mol. The first-order valence-electron chi connectivity index (χ1n) is 8.44. The van der Waals surface area contributed by atoms with Gasteiger partial charge in [0.25, 0.3) is 5.91 Å². The maximum Gasteiger partial charge on any atom is 0.321 e. The minimum atomic E-state index is -0.634. The van der Waals surface area contributed by atoms with Crippen LogP contribution in [0.15, 0.2) is 28.7 Å². The number of nitrogens with one attached hydrogen (secondary N) is 2. The van der Waals surface area contributed by atoms with E-state index in [1.807, 2.05) is 12.1 Å². The number of carbonyl (C=O) groups excluding carboxylic acids is 3. The molecule has 0 saturated heterocycles. The molecule has 2 atom stereocenters. The lowest BCUT2D eigenvalue weighted by Crippen LogP contribution is -2.48. The van der Waals surface area contributed by atoms with Crippen LogP contribution in [-0.2, 0) is 20.7 Å². The van der Waals surface area contributed by atoms with Crippen molar-refractivity contribution in [2.24, 2.45) is 5.92 Å². The van der Waals surface area contributed by atoms with Crippen LogP contribution in [0.25, 0.3) is 0 Å². The molecule has 0 aliphatic heterocycles. The van der Waals surface area contributed by atoms with Gasteiger partial charge in [-0.1, -0.05) is 47.8 Å². The normalized spacial score (nSPS) is 19.8. The summed E-state index contributed by atoms with van der Waals surface area (Å²) in [7, 11) is 0. The number of rotatable bonds is 5. The number of urea groups is 1. The van der Waals surface area contributed by atoms with Crippen LogP contribution < -0.4 is 10.6 Å². The van der Waals surface area contributed by atoms with Gasteiger partial charge in [0.05, 0.1) is 6.42 Å². The molecule has 136 valence electrons. The summed E-state index contributed by atoms with van der Waals surface area (Å²) in [6.45, 7) is 1.62. The first-order valence-corrected chi connectivity index (χ1v) is 9.24. The molecule has 1 saturated carbocycles. The van der Waals surface area contributed by atoms with E-state index in [0.717, 1.165) is 29.3 Å². The number of amides is 3. The summed E-state index contributed by atoms with van der Waals surface area (Å²) in [5.74, 6) is -0.748. The predicted octanol–water partition coefficient (Wildman–Crippen LogP) is 2.94. The van der Waals surface area contributed by atoms with Gasteiger partial charge in [-0.2, -0.15) is 0 Å². The molecule has 1 fully saturated rings. The van der Waals surface area contributed by atoms with E-state index >= 15 is 0 Å². The molecule has 2 rings (SSSR count). The molecule has 1 aromatic carbocycles. The van der Waals surface area contributed by atoms with Gasteiger partial charge in [-0.25, -0.2) is 4.79 Å². The first kappa shape index (κ1) is 19.4. The van der Waals surface area contributed by atoms with Crippen molar-refractivity contribution in [3.63, 3.8) is 0 Å². The molecule has 0 unspecified atom stereocenters. The highest BCUT2D eigenvalue weighted by Gasteiger charge is 2.23. The van der Waals surface area contributed by atoms with Crippen LogP contribution >= 0.6 is 15.9 Å². The summed E-state index contributed by atoms with van der Waals surface area (Å²) in [5, 5.41) is 5.02. The van der Waals surface area contributed by atoms with Crippen LogP contribution in [0, 0.1) is 5.92 Å². The molecular formula is C18H23BrN2O4. The van der Waals surface area contributed by atoms with Crippen LogP contribution in [0.5, 0.6) is 0 Å². The number of halogens is 1. The summed E-state index contributed by atoms with van der Waals surface area (Å²) in [6, 6.07) is 6.79. The Morgan fingerprint density at radius 1 is 1.16 bits per heavy atom. The summed E-state index contributed by atoms with van der Waals surface area (Å²) >= 11 is 3.32. The topological polar surface area (TPSA) is 84.5 Å². The van der Waals surface area contributed by atoms with Crippen molar-refractivity contribution in [2.75, 3.05) is 6.61 Å². The van der Waals surface area contributed by atoms with E-state index in [4.69, 9.17) is 4.74 Å². The zero-order valence-electron chi connectivity index (χ0n) is 14.2. The summed E-state index contributed by atoms with van der Waals surface area (Å²) < 4.78 is 5.83. The molecule has 0 aromatic heterocycles. The zero-order valence-corrected chi connectivity index (χ0v) is 15.8. The first-order chi connectivity index (χ1) is 11.9. The van der Waals surface area contributed by atoms with Gasteiger partial charge in [-0.15, -0.1) is 0 Å². The fourth-order valence-electron chi connectivity index (χ4n) is 2.86. The van der Waals surface area contributed by atoms with Crippen LogP contribution in [0.1, 0.15) is 38.2 Å². The Kier molecular flexibility index (Phi) is 7.43.